The van der Waals surface area contributed by atoms with Crippen molar-refractivity contribution in [1.82, 2.24) is 0 Å². The Kier molecular flexibility index (Phi) is 2.44. The Balaban J connectivity index is 2.28. The summed E-state index contributed by atoms with van der Waals surface area (Å²) in [6.45, 7) is 1.03. The molecule has 1 fully saturated rings. The number of benzene rings is 1. The van der Waals surface area contributed by atoms with Gasteiger partial charge in [0.05, 0.1) is 6.61 Å². The van der Waals surface area contributed by atoms with Crippen LogP contribution >= 0.6 is 0 Å². The highest BCUT2D eigenvalue weighted by molar-refractivity contribution is 5.31. The van der Waals surface area contributed by atoms with E-state index in [1.807, 2.05) is 6.07 Å². The molecule has 0 spiro atoms. The third-order valence-electron chi connectivity index (χ3n) is 2.60. The number of hydrogen-bond acceptors (Lipinski definition) is 3. The maximum absolute atomic E-state index is 10.2. The molecule has 2 N–H and O–H groups in total. The van der Waals surface area contributed by atoms with Crippen molar-refractivity contribution in [1.29, 1.82) is 0 Å². The summed E-state index contributed by atoms with van der Waals surface area (Å²) in [5.41, 5.74) is -0.186. The number of aromatic hydroxyl groups is 1. The SMILES string of the molecule is Oc1cccc(C2(O)CCCOC2)c1. The van der Waals surface area contributed by atoms with Crippen molar-refractivity contribution in [3.63, 3.8) is 0 Å². The Labute approximate surface area is 83.0 Å². The molecule has 0 aliphatic carbocycles. The minimum Gasteiger partial charge on any atom is -0.508 e. The summed E-state index contributed by atoms with van der Waals surface area (Å²) < 4.78 is 5.25. The lowest BCUT2D eigenvalue weighted by Crippen LogP contribution is -2.35. The zero-order chi connectivity index (χ0) is 10.0. The van der Waals surface area contributed by atoms with Gasteiger partial charge in [-0.1, -0.05) is 12.1 Å². The molecule has 76 valence electrons. The standard InChI is InChI=1S/C11H14O3/c12-10-4-1-3-9(7-10)11(13)5-2-6-14-8-11/h1,3-4,7,12-13H,2,5-6,8H2. The van der Waals surface area contributed by atoms with Crippen LogP contribution < -0.4 is 0 Å². The molecule has 1 heterocycles. The van der Waals surface area contributed by atoms with Gasteiger partial charge in [0.2, 0.25) is 0 Å². The smallest absolute Gasteiger partial charge is 0.115 e. The molecule has 3 nitrogen and oxygen atoms in total. The number of phenols is 1. The van der Waals surface area contributed by atoms with E-state index in [1.54, 1.807) is 18.2 Å². The van der Waals surface area contributed by atoms with Crippen molar-refractivity contribution < 1.29 is 14.9 Å². The van der Waals surface area contributed by atoms with E-state index in [0.29, 0.717) is 19.6 Å². The van der Waals surface area contributed by atoms with E-state index in [0.717, 1.165) is 12.0 Å². The maximum atomic E-state index is 10.2. The van der Waals surface area contributed by atoms with Crippen LogP contribution in [0.25, 0.3) is 0 Å². The van der Waals surface area contributed by atoms with Crippen LogP contribution in [0, 0.1) is 0 Å². The van der Waals surface area contributed by atoms with E-state index < -0.39 is 5.60 Å². The Morgan fingerprint density at radius 2 is 2.21 bits per heavy atom. The highest BCUT2D eigenvalue weighted by Crippen LogP contribution is 2.31. The van der Waals surface area contributed by atoms with Gasteiger partial charge in [0.1, 0.15) is 11.4 Å². The zero-order valence-corrected chi connectivity index (χ0v) is 7.94. The van der Waals surface area contributed by atoms with Gasteiger partial charge in [-0.15, -0.1) is 0 Å². The summed E-state index contributed by atoms with van der Waals surface area (Å²) in [5.74, 6) is 0.182. The van der Waals surface area contributed by atoms with Gasteiger partial charge in [-0.3, -0.25) is 0 Å². The molecule has 1 unspecified atom stereocenters. The molecular formula is C11H14O3. The minimum absolute atomic E-state index is 0.182. The lowest BCUT2D eigenvalue weighted by Gasteiger charge is -2.32. The van der Waals surface area contributed by atoms with Crippen LogP contribution in [0.1, 0.15) is 18.4 Å². The number of hydrogen-bond donors (Lipinski definition) is 2. The van der Waals surface area contributed by atoms with Crippen molar-refractivity contribution in [2.24, 2.45) is 0 Å². The van der Waals surface area contributed by atoms with Gasteiger partial charge in [-0.05, 0) is 30.5 Å². The molecule has 1 aromatic rings. The first-order chi connectivity index (χ1) is 6.71. The van der Waals surface area contributed by atoms with E-state index >= 15 is 0 Å². The Hall–Kier alpha value is -1.06. The van der Waals surface area contributed by atoms with Crippen LogP contribution in [0.2, 0.25) is 0 Å². The molecule has 0 aromatic heterocycles. The van der Waals surface area contributed by atoms with Gasteiger partial charge in [-0.2, -0.15) is 0 Å². The first kappa shape index (κ1) is 9.49. The summed E-state index contributed by atoms with van der Waals surface area (Å²) in [6, 6.07) is 6.73. The van der Waals surface area contributed by atoms with Crippen molar-refractivity contribution in [2.45, 2.75) is 18.4 Å². The second-order valence-corrected chi connectivity index (χ2v) is 3.74. The quantitative estimate of drug-likeness (QED) is 0.710. The Morgan fingerprint density at radius 3 is 2.86 bits per heavy atom. The van der Waals surface area contributed by atoms with Crippen molar-refractivity contribution >= 4 is 0 Å². The molecule has 1 aliphatic rings. The Morgan fingerprint density at radius 1 is 1.36 bits per heavy atom. The topological polar surface area (TPSA) is 49.7 Å². The molecular weight excluding hydrogens is 180 g/mol. The van der Waals surface area contributed by atoms with E-state index in [1.165, 1.54) is 0 Å². The van der Waals surface area contributed by atoms with Crippen LogP contribution in [-0.4, -0.2) is 23.4 Å². The van der Waals surface area contributed by atoms with Gasteiger partial charge in [0, 0.05) is 6.61 Å². The van der Waals surface area contributed by atoms with Gasteiger partial charge in [0.25, 0.3) is 0 Å². The highest BCUT2D eigenvalue weighted by atomic mass is 16.5. The summed E-state index contributed by atoms with van der Waals surface area (Å²) in [5, 5.41) is 19.5. The van der Waals surface area contributed by atoms with Crippen molar-refractivity contribution in [3.05, 3.63) is 29.8 Å². The fourth-order valence-electron chi connectivity index (χ4n) is 1.80. The predicted octanol–water partition coefficient (Wildman–Crippen LogP) is 1.39. The Bertz CT molecular complexity index is 316. The number of aliphatic hydroxyl groups is 1. The summed E-state index contributed by atoms with van der Waals surface area (Å²) in [4.78, 5) is 0. The second-order valence-electron chi connectivity index (χ2n) is 3.74. The van der Waals surface area contributed by atoms with E-state index in [4.69, 9.17) is 4.74 Å². The fraction of sp³-hybridized carbons (Fsp3) is 0.455. The number of ether oxygens (including phenoxy) is 1. The summed E-state index contributed by atoms with van der Waals surface area (Å²) in [7, 11) is 0. The lowest BCUT2D eigenvalue weighted by molar-refractivity contribution is -0.0903. The van der Waals surface area contributed by atoms with Crippen LogP contribution in [0.3, 0.4) is 0 Å². The molecule has 2 rings (SSSR count). The molecule has 1 atom stereocenters. The fourth-order valence-corrected chi connectivity index (χ4v) is 1.80. The number of rotatable bonds is 1. The van der Waals surface area contributed by atoms with Crippen LogP contribution in [0.4, 0.5) is 0 Å². The summed E-state index contributed by atoms with van der Waals surface area (Å²) >= 11 is 0. The van der Waals surface area contributed by atoms with E-state index in [9.17, 15) is 10.2 Å². The molecule has 0 amide bonds. The number of phenolic OH excluding ortho intramolecular Hbond substituents is 1. The molecule has 3 heteroatoms. The van der Waals surface area contributed by atoms with Crippen LogP contribution in [0.15, 0.2) is 24.3 Å². The lowest BCUT2D eigenvalue weighted by atomic mass is 9.88. The minimum atomic E-state index is -0.920. The normalized spacial score (nSPS) is 27.5. The first-order valence-corrected chi connectivity index (χ1v) is 4.80. The summed E-state index contributed by atoms with van der Waals surface area (Å²) in [6.07, 6.45) is 1.54. The molecule has 0 saturated carbocycles. The van der Waals surface area contributed by atoms with E-state index in [2.05, 4.69) is 0 Å². The van der Waals surface area contributed by atoms with Crippen LogP contribution in [0.5, 0.6) is 5.75 Å². The zero-order valence-electron chi connectivity index (χ0n) is 7.94. The van der Waals surface area contributed by atoms with Gasteiger partial charge in [0.15, 0.2) is 0 Å². The molecule has 1 aromatic carbocycles. The molecule has 1 aliphatic heterocycles. The van der Waals surface area contributed by atoms with Gasteiger partial charge < -0.3 is 14.9 Å². The third kappa shape index (κ3) is 1.74. The average Bonchev–Trinajstić information content (AvgIpc) is 2.19. The van der Waals surface area contributed by atoms with Gasteiger partial charge in [-0.25, -0.2) is 0 Å². The average molecular weight is 194 g/mol. The van der Waals surface area contributed by atoms with Crippen molar-refractivity contribution in [2.75, 3.05) is 13.2 Å². The third-order valence-corrected chi connectivity index (χ3v) is 2.60. The van der Waals surface area contributed by atoms with Crippen LogP contribution in [-0.2, 0) is 10.3 Å². The highest BCUT2D eigenvalue weighted by Gasteiger charge is 2.32. The molecule has 14 heavy (non-hydrogen) atoms. The predicted molar refractivity (Wildman–Crippen MR) is 52.1 cm³/mol. The van der Waals surface area contributed by atoms with Crippen molar-refractivity contribution in [3.8, 4) is 5.75 Å². The molecule has 0 bridgehead atoms. The largest absolute Gasteiger partial charge is 0.508 e. The monoisotopic (exact) mass is 194 g/mol. The second kappa shape index (κ2) is 3.59. The van der Waals surface area contributed by atoms with E-state index in [-0.39, 0.29) is 5.75 Å². The maximum Gasteiger partial charge on any atom is 0.115 e. The first-order valence-electron chi connectivity index (χ1n) is 4.80. The van der Waals surface area contributed by atoms with Gasteiger partial charge >= 0.3 is 0 Å². The molecule has 1 saturated heterocycles. The molecule has 0 radical (unpaired) electrons.